The van der Waals surface area contributed by atoms with E-state index < -0.39 is 0 Å². The number of aryl methyl sites for hydroxylation is 1. The summed E-state index contributed by atoms with van der Waals surface area (Å²) in [5.74, 6) is 1.09. The summed E-state index contributed by atoms with van der Waals surface area (Å²) in [5, 5.41) is 3.01. The largest absolute Gasteiger partial charge is 0.444 e. The summed E-state index contributed by atoms with van der Waals surface area (Å²) < 4.78 is 19.3. The minimum Gasteiger partial charge on any atom is -0.444 e. The summed E-state index contributed by atoms with van der Waals surface area (Å²) in [7, 11) is 0. The summed E-state index contributed by atoms with van der Waals surface area (Å²) >= 11 is 1.90. The fourth-order valence-corrected chi connectivity index (χ4v) is 1.97. The lowest BCUT2D eigenvalue weighted by Crippen LogP contribution is -2.04. The SMILES string of the molecule is CCc1cnc(CNc2cc(F)c(I)cc2N)o1. The molecule has 0 fully saturated rings. The van der Waals surface area contributed by atoms with Crippen molar-refractivity contribution in [1.29, 1.82) is 0 Å². The van der Waals surface area contributed by atoms with Crippen LogP contribution in [0.15, 0.2) is 22.7 Å². The Morgan fingerprint density at radius 1 is 1.50 bits per heavy atom. The predicted molar refractivity (Wildman–Crippen MR) is 76.7 cm³/mol. The molecule has 1 aromatic heterocycles. The number of oxazole rings is 1. The summed E-state index contributed by atoms with van der Waals surface area (Å²) in [4.78, 5) is 4.11. The van der Waals surface area contributed by atoms with Gasteiger partial charge in [-0.05, 0) is 28.7 Å². The van der Waals surface area contributed by atoms with Crippen LogP contribution in [0.3, 0.4) is 0 Å². The van der Waals surface area contributed by atoms with Crippen molar-refractivity contribution in [2.45, 2.75) is 19.9 Å². The summed E-state index contributed by atoms with van der Waals surface area (Å²) in [6, 6.07) is 2.96. The first-order valence-corrected chi connectivity index (χ1v) is 6.60. The second-order valence-electron chi connectivity index (χ2n) is 3.78. The average Bonchev–Trinajstić information content (AvgIpc) is 2.80. The maximum Gasteiger partial charge on any atom is 0.213 e. The molecule has 0 saturated carbocycles. The van der Waals surface area contributed by atoms with E-state index in [0.717, 1.165) is 12.2 Å². The quantitative estimate of drug-likeness (QED) is 0.649. The number of nitrogens with one attached hydrogen (secondary N) is 1. The lowest BCUT2D eigenvalue weighted by Gasteiger charge is -2.08. The molecule has 0 amide bonds. The second kappa shape index (κ2) is 5.55. The fraction of sp³-hybridized carbons (Fsp3) is 0.250. The molecule has 6 heteroatoms. The van der Waals surface area contributed by atoms with E-state index in [1.165, 1.54) is 6.07 Å². The number of hydrogen-bond acceptors (Lipinski definition) is 4. The Bertz CT molecular complexity index is 556. The highest BCUT2D eigenvalue weighted by Gasteiger charge is 2.07. The monoisotopic (exact) mass is 361 g/mol. The maximum atomic E-state index is 13.4. The number of benzene rings is 1. The Balaban J connectivity index is 2.08. The number of rotatable bonds is 4. The number of aromatic nitrogens is 1. The van der Waals surface area contributed by atoms with Crippen molar-refractivity contribution >= 4 is 34.0 Å². The first kappa shape index (κ1) is 13.1. The van der Waals surface area contributed by atoms with Crippen molar-refractivity contribution in [1.82, 2.24) is 4.98 Å². The molecule has 0 aliphatic rings. The molecule has 2 aromatic rings. The van der Waals surface area contributed by atoms with Crippen molar-refractivity contribution in [3.8, 4) is 0 Å². The number of nitrogen functional groups attached to an aromatic ring is 1. The molecule has 0 saturated heterocycles. The van der Waals surface area contributed by atoms with E-state index in [1.807, 2.05) is 29.5 Å². The topological polar surface area (TPSA) is 64.1 Å². The van der Waals surface area contributed by atoms with Gasteiger partial charge in [0.2, 0.25) is 5.89 Å². The normalized spacial score (nSPS) is 10.6. The molecule has 1 heterocycles. The fourth-order valence-electron chi connectivity index (χ4n) is 1.48. The van der Waals surface area contributed by atoms with E-state index in [0.29, 0.717) is 27.4 Å². The van der Waals surface area contributed by atoms with E-state index in [1.54, 1.807) is 12.3 Å². The van der Waals surface area contributed by atoms with Gasteiger partial charge in [-0.2, -0.15) is 0 Å². The summed E-state index contributed by atoms with van der Waals surface area (Å²) in [6.07, 6.45) is 2.49. The first-order valence-electron chi connectivity index (χ1n) is 5.52. The molecule has 0 aliphatic carbocycles. The second-order valence-corrected chi connectivity index (χ2v) is 4.94. The van der Waals surface area contributed by atoms with Gasteiger partial charge in [-0.15, -0.1) is 0 Å². The predicted octanol–water partition coefficient (Wildman–Crippen LogP) is 3.18. The minimum absolute atomic E-state index is 0.297. The van der Waals surface area contributed by atoms with Crippen LogP contribution >= 0.6 is 22.6 Å². The van der Waals surface area contributed by atoms with E-state index >= 15 is 0 Å². The highest BCUT2D eigenvalue weighted by atomic mass is 127. The lowest BCUT2D eigenvalue weighted by atomic mass is 10.2. The summed E-state index contributed by atoms with van der Waals surface area (Å²) in [6.45, 7) is 2.37. The van der Waals surface area contributed by atoms with Gasteiger partial charge in [-0.1, -0.05) is 6.92 Å². The van der Waals surface area contributed by atoms with Crippen LogP contribution in [0.25, 0.3) is 0 Å². The number of hydrogen-bond donors (Lipinski definition) is 2. The zero-order valence-corrected chi connectivity index (χ0v) is 12.0. The van der Waals surface area contributed by atoms with E-state index in [9.17, 15) is 4.39 Å². The molecule has 0 spiro atoms. The third-order valence-electron chi connectivity index (χ3n) is 2.47. The lowest BCUT2D eigenvalue weighted by molar-refractivity contribution is 0.466. The number of halogens is 2. The molecule has 96 valence electrons. The third-order valence-corrected chi connectivity index (χ3v) is 3.30. The van der Waals surface area contributed by atoms with Crippen molar-refractivity contribution in [2.24, 2.45) is 0 Å². The van der Waals surface area contributed by atoms with Crippen LogP contribution in [0.1, 0.15) is 18.6 Å². The van der Waals surface area contributed by atoms with Crippen LogP contribution in [0, 0.1) is 9.39 Å². The standard InChI is InChI=1S/C12H13FIN3O/c1-2-7-5-17-12(18-7)6-16-11-3-8(13)9(14)4-10(11)15/h3-5,16H,2,6,15H2,1H3. The Labute approximate surface area is 118 Å². The van der Waals surface area contributed by atoms with Crippen LogP contribution in [0.2, 0.25) is 0 Å². The molecule has 0 radical (unpaired) electrons. The van der Waals surface area contributed by atoms with Crippen LogP contribution in [0.5, 0.6) is 0 Å². The van der Waals surface area contributed by atoms with Crippen molar-refractivity contribution in [3.05, 3.63) is 39.4 Å². The van der Waals surface area contributed by atoms with Crippen molar-refractivity contribution in [2.75, 3.05) is 11.1 Å². The average molecular weight is 361 g/mol. The van der Waals surface area contributed by atoms with Gasteiger partial charge in [-0.3, -0.25) is 0 Å². The number of nitrogens with two attached hydrogens (primary N) is 1. The van der Waals surface area contributed by atoms with E-state index in [2.05, 4.69) is 10.3 Å². The highest BCUT2D eigenvalue weighted by molar-refractivity contribution is 14.1. The Hall–Kier alpha value is -1.31. The zero-order chi connectivity index (χ0) is 13.1. The molecule has 3 N–H and O–H groups in total. The highest BCUT2D eigenvalue weighted by Crippen LogP contribution is 2.24. The Kier molecular flexibility index (Phi) is 4.05. The molecule has 0 atom stereocenters. The Morgan fingerprint density at radius 2 is 2.28 bits per heavy atom. The van der Waals surface area contributed by atoms with Crippen LogP contribution in [-0.2, 0) is 13.0 Å². The molecule has 1 aromatic carbocycles. The van der Waals surface area contributed by atoms with Crippen LogP contribution in [0.4, 0.5) is 15.8 Å². The smallest absolute Gasteiger partial charge is 0.213 e. The molecular weight excluding hydrogens is 348 g/mol. The molecule has 2 rings (SSSR count). The molecule has 4 nitrogen and oxygen atoms in total. The minimum atomic E-state index is -0.297. The van der Waals surface area contributed by atoms with Gasteiger partial charge < -0.3 is 15.5 Å². The van der Waals surface area contributed by atoms with Gasteiger partial charge in [0.25, 0.3) is 0 Å². The van der Waals surface area contributed by atoms with Gasteiger partial charge in [0.05, 0.1) is 27.7 Å². The molecule has 18 heavy (non-hydrogen) atoms. The number of anilines is 2. The van der Waals surface area contributed by atoms with Gasteiger partial charge in [0.15, 0.2) is 0 Å². The van der Waals surface area contributed by atoms with E-state index in [-0.39, 0.29) is 5.82 Å². The van der Waals surface area contributed by atoms with Crippen LogP contribution < -0.4 is 11.1 Å². The van der Waals surface area contributed by atoms with Crippen molar-refractivity contribution < 1.29 is 8.81 Å². The zero-order valence-electron chi connectivity index (χ0n) is 9.84. The maximum absolute atomic E-state index is 13.4. The molecular formula is C12H13FIN3O. The first-order chi connectivity index (χ1) is 8.60. The Morgan fingerprint density at radius 3 is 2.94 bits per heavy atom. The number of nitrogens with zero attached hydrogens (tertiary/aromatic N) is 1. The molecule has 0 bridgehead atoms. The van der Waals surface area contributed by atoms with E-state index in [4.69, 9.17) is 10.2 Å². The third kappa shape index (κ3) is 2.92. The van der Waals surface area contributed by atoms with Gasteiger partial charge >= 0.3 is 0 Å². The van der Waals surface area contributed by atoms with Gasteiger partial charge in [0.1, 0.15) is 11.6 Å². The van der Waals surface area contributed by atoms with Gasteiger partial charge in [-0.25, -0.2) is 9.37 Å². The summed E-state index contributed by atoms with van der Waals surface area (Å²) in [5.41, 5.74) is 6.85. The van der Waals surface area contributed by atoms with Crippen molar-refractivity contribution in [3.63, 3.8) is 0 Å². The molecule has 0 unspecified atom stereocenters. The van der Waals surface area contributed by atoms with Gasteiger partial charge in [0, 0.05) is 12.5 Å². The molecule has 0 aliphatic heterocycles. The van der Waals surface area contributed by atoms with Crippen LogP contribution in [-0.4, -0.2) is 4.98 Å².